The number of fused-ring (bicyclic) bond motifs is 1. The van der Waals surface area contributed by atoms with Gasteiger partial charge in [-0.05, 0) is 65.9 Å². The van der Waals surface area contributed by atoms with Gasteiger partial charge in [-0.1, -0.05) is 54.9 Å². The lowest BCUT2D eigenvalue weighted by atomic mass is 9.95. The number of anilines is 1. The second-order valence-electron chi connectivity index (χ2n) is 7.54. The van der Waals surface area contributed by atoms with Crippen LogP contribution < -0.4 is 5.32 Å². The van der Waals surface area contributed by atoms with Crippen LogP contribution >= 0.6 is 11.6 Å². The summed E-state index contributed by atoms with van der Waals surface area (Å²) in [7, 11) is -3.91. The molecule has 1 amide bonds. The van der Waals surface area contributed by atoms with Gasteiger partial charge < -0.3 is 5.32 Å². The number of aryl methyl sites for hydroxylation is 1. The minimum absolute atomic E-state index is 0.113. The van der Waals surface area contributed by atoms with E-state index >= 15 is 0 Å². The van der Waals surface area contributed by atoms with E-state index in [1.54, 1.807) is 0 Å². The summed E-state index contributed by atoms with van der Waals surface area (Å²) in [6.45, 7) is 2.17. The van der Waals surface area contributed by atoms with Crippen LogP contribution in [0.5, 0.6) is 0 Å². The molecule has 3 aromatic carbocycles. The van der Waals surface area contributed by atoms with E-state index in [-0.39, 0.29) is 17.3 Å². The number of amides is 1. The molecule has 31 heavy (non-hydrogen) atoms. The summed E-state index contributed by atoms with van der Waals surface area (Å²) in [6, 6.07) is 20.4. The number of sulfonamides is 1. The number of benzene rings is 3. The van der Waals surface area contributed by atoms with Crippen LogP contribution in [0.25, 0.3) is 0 Å². The SMILES string of the molecule is CCc1cccc(NC(=O)[C@H]2Cc3ccccc3CN2S(=O)(=O)c2ccc(Cl)cc2)c1. The van der Waals surface area contributed by atoms with Crippen LogP contribution in [0.1, 0.15) is 23.6 Å². The summed E-state index contributed by atoms with van der Waals surface area (Å²) >= 11 is 5.94. The molecule has 0 spiro atoms. The number of hydrogen-bond acceptors (Lipinski definition) is 3. The Labute approximate surface area is 187 Å². The highest BCUT2D eigenvalue weighted by atomic mass is 35.5. The monoisotopic (exact) mass is 454 g/mol. The minimum Gasteiger partial charge on any atom is -0.325 e. The van der Waals surface area contributed by atoms with Gasteiger partial charge in [0.2, 0.25) is 15.9 Å². The van der Waals surface area contributed by atoms with E-state index in [0.29, 0.717) is 17.1 Å². The molecule has 1 heterocycles. The molecular formula is C24H23ClN2O3S. The van der Waals surface area contributed by atoms with Crippen LogP contribution in [0, 0.1) is 0 Å². The van der Waals surface area contributed by atoms with E-state index in [9.17, 15) is 13.2 Å². The van der Waals surface area contributed by atoms with Crippen molar-refractivity contribution in [3.8, 4) is 0 Å². The second kappa shape index (κ2) is 8.83. The summed E-state index contributed by atoms with van der Waals surface area (Å²) in [4.78, 5) is 13.4. The highest BCUT2D eigenvalue weighted by Crippen LogP contribution is 2.30. The van der Waals surface area contributed by atoms with Gasteiger partial charge in [0.25, 0.3) is 0 Å². The van der Waals surface area contributed by atoms with Gasteiger partial charge in [0.05, 0.1) is 4.90 Å². The summed E-state index contributed by atoms with van der Waals surface area (Å²) in [6.07, 6.45) is 1.15. The average molecular weight is 455 g/mol. The fraction of sp³-hybridized carbons (Fsp3) is 0.208. The zero-order valence-corrected chi connectivity index (χ0v) is 18.7. The van der Waals surface area contributed by atoms with Gasteiger partial charge in [-0.2, -0.15) is 4.31 Å². The van der Waals surface area contributed by atoms with Gasteiger partial charge in [-0.3, -0.25) is 4.79 Å². The third-order valence-corrected chi connectivity index (χ3v) is 7.65. The molecule has 0 unspecified atom stereocenters. The van der Waals surface area contributed by atoms with Crippen LogP contribution in [-0.4, -0.2) is 24.7 Å². The zero-order valence-electron chi connectivity index (χ0n) is 17.1. The van der Waals surface area contributed by atoms with Gasteiger partial charge >= 0.3 is 0 Å². The Balaban J connectivity index is 1.70. The van der Waals surface area contributed by atoms with Crippen molar-refractivity contribution in [2.45, 2.75) is 37.2 Å². The summed E-state index contributed by atoms with van der Waals surface area (Å²) in [5.74, 6) is -0.347. The molecule has 4 rings (SSSR count). The predicted molar refractivity (Wildman–Crippen MR) is 123 cm³/mol. The molecule has 0 fully saturated rings. The third-order valence-electron chi connectivity index (χ3n) is 5.53. The highest BCUT2D eigenvalue weighted by molar-refractivity contribution is 7.89. The number of carbonyl (C=O) groups is 1. The Morgan fingerprint density at radius 2 is 1.74 bits per heavy atom. The Kier molecular flexibility index (Phi) is 6.14. The first-order valence-electron chi connectivity index (χ1n) is 10.1. The van der Waals surface area contributed by atoms with Crippen LogP contribution in [0.15, 0.2) is 77.7 Å². The van der Waals surface area contributed by atoms with Crippen molar-refractivity contribution in [1.82, 2.24) is 4.31 Å². The molecule has 0 saturated heterocycles. The van der Waals surface area contributed by atoms with Gasteiger partial charge in [0.15, 0.2) is 0 Å². The largest absolute Gasteiger partial charge is 0.325 e. The summed E-state index contributed by atoms with van der Waals surface area (Å²) in [5.41, 5.74) is 3.63. The molecule has 7 heteroatoms. The maximum Gasteiger partial charge on any atom is 0.244 e. The molecule has 3 aromatic rings. The fourth-order valence-electron chi connectivity index (χ4n) is 3.81. The van der Waals surface area contributed by atoms with Gasteiger partial charge in [-0.25, -0.2) is 8.42 Å². The van der Waals surface area contributed by atoms with Crippen LogP contribution in [0.3, 0.4) is 0 Å². The lowest BCUT2D eigenvalue weighted by Crippen LogP contribution is -2.50. The Morgan fingerprint density at radius 1 is 1.03 bits per heavy atom. The zero-order chi connectivity index (χ0) is 22.0. The van der Waals surface area contributed by atoms with Crippen molar-refractivity contribution in [2.24, 2.45) is 0 Å². The fourth-order valence-corrected chi connectivity index (χ4v) is 5.50. The topological polar surface area (TPSA) is 66.5 Å². The van der Waals surface area contributed by atoms with Gasteiger partial charge in [0.1, 0.15) is 6.04 Å². The van der Waals surface area contributed by atoms with E-state index in [1.165, 1.54) is 28.6 Å². The summed E-state index contributed by atoms with van der Waals surface area (Å²) < 4.78 is 28.2. The van der Waals surface area contributed by atoms with Crippen molar-refractivity contribution in [1.29, 1.82) is 0 Å². The average Bonchev–Trinajstić information content (AvgIpc) is 2.78. The molecule has 1 aliphatic rings. The molecule has 1 N–H and O–H groups in total. The van der Waals surface area contributed by atoms with Crippen molar-refractivity contribution in [3.63, 3.8) is 0 Å². The lowest BCUT2D eigenvalue weighted by molar-refractivity contribution is -0.120. The maximum absolute atomic E-state index is 13.5. The van der Waals surface area contributed by atoms with E-state index in [4.69, 9.17) is 11.6 Å². The number of halogens is 1. The molecule has 0 bridgehead atoms. The highest BCUT2D eigenvalue weighted by Gasteiger charge is 2.39. The van der Waals surface area contributed by atoms with Crippen molar-refractivity contribution < 1.29 is 13.2 Å². The first kappa shape index (κ1) is 21.6. The van der Waals surface area contributed by atoms with Crippen LogP contribution in [0.2, 0.25) is 5.02 Å². The third kappa shape index (κ3) is 4.51. The molecule has 0 aliphatic carbocycles. The smallest absolute Gasteiger partial charge is 0.244 e. The molecule has 5 nitrogen and oxygen atoms in total. The van der Waals surface area contributed by atoms with E-state index in [0.717, 1.165) is 23.1 Å². The molecular weight excluding hydrogens is 432 g/mol. The van der Waals surface area contributed by atoms with Crippen LogP contribution in [-0.2, 0) is 34.2 Å². The number of hydrogen-bond donors (Lipinski definition) is 1. The van der Waals surface area contributed by atoms with E-state index in [2.05, 4.69) is 5.32 Å². The summed E-state index contributed by atoms with van der Waals surface area (Å²) in [5, 5.41) is 3.37. The molecule has 160 valence electrons. The number of nitrogens with one attached hydrogen (secondary N) is 1. The molecule has 1 aliphatic heterocycles. The molecule has 0 saturated carbocycles. The Morgan fingerprint density at radius 3 is 2.45 bits per heavy atom. The Hall–Kier alpha value is -2.67. The minimum atomic E-state index is -3.91. The molecule has 0 aromatic heterocycles. The number of nitrogens with zero attached hydrogens (tertiary/aromatic N) is 1. The maximum atomic E-state index is 13.5. The molecule has 0 radical (unpaired) electrons. The van der Waals surface area contributed by atoms with Crippen LogP contribution in [0.4, 0.5) is 5.69 Å². The van der Waals surface area contributed by atoms with E-state index in [1.807, 2.05) is 55.5 Å². The Bertz CT molecular complexity index is 1210. The van der Waals surface area contributed by atoms with E-state index < -0.39 is 16.1 Å². The van der Waals surface area contributed by atoms with Crippen molar-refractivity contribution in [3.05, 3.63) is 94.5 Å². The lowest BCUT2D eigenvalue weighted by Gasteiger charge is -2.35. The van der Waals surface area contributed by atoms with Crippen molar-refractivity contribution >= 4 is 33.2 Å². The van der Waals surface area contributed by atoms with Gasteiger partial charge in [-0.15, -0.1) is 0 Å². The second-order valence-corrected chi connectivity index (χ2v) is 9.86. The van der Waals surface area contributed by atoms with Crippen molar-refractivity contribution in [2.75, 3.05) is 5.32 Å². The first-order chi connectivity index (χ1) is 14.9. The number of carbonyl (C=O) groups excluding carboxylic acids is 1. The van der Waals surface area contributed by atoms with Gasteiger partial charge in [0, 0.05) is 17.3 Å². The quantitative estimate of drug-likeness (QED) is 0.609. The number of rotatable bonds is 5. The standard InChI is InChI=1S/C24H23ClN2O3S/c1-2-17-6-5-9-21(14-17)26-24(28)23-15-18-7-3-4-8-19(18)16-27(23)31(29,30)22-12-10-20(25)11-13-22/h3-14,23H,2,15-16H2,1H3,(H,26,28)/t23-/m1/s1. The normalized spacial score (nSPS) is 16.5. The molecule has 1 atom stereocenters. The first-order valence-corrected chi connectivity index (χ1v) is 11.9. The predicted octanol–water partition coefficient (Wildman–Crippen LogP) is 4.66.